The van der Waals surface area contributed by atoms with Crippen LogP contribution in [0, 0.1) is 10.1 Å². The Balaban J connectivity index is 2.67. The van der Waals surface area contributed by atoms with Crippen LogP contribution in [0.5, 0.6) is 5.75 Å². The average Bonchev–Trinajstić information content (AvgIpc) is 2.38. The minimum atomic E-state index is -0.670. The first kappa shape index (κ1) is 14.6. The van der Waals surface area contributed by atoms with Crippen LogP contribution in [0.3, 0.4) is 0 Å². The summed E-state index contributed by atoms with van der Waals surface area (Å²) in [5.41, 5.74) is 2.62. The average molecular weight is 280 g/mol. The second kappa shape index (κ2) is 7.07. The van der Waals surface area contributed by atoms with E-state index >= 15 is 0 Å². The predicted octanol–water partition coefficient (Wildman–Crippen LogP) is 1.28. The lowest BCUT2D eigenvalue weighted by Gasteiger charge is -2.03. The zero-order valence-corrected chi connectivity index (χ0v) is 10.7. The van der Waals surface area contributed by atoms with Crippen LogP contribution in [0.1, 0.15) is 5.56 Å². The van der Waals surface area contributed by atoms with Crippen LogP contribution in [0.25, 0.3) is 0 Å². The summed E-state index contributed by atoms with van der Waals surface area (Å²) in [6.07, 6.45) is 3.00. The lowest BCUT2D eigenvalue weighted by atomic mass is 10.2. The van der Waals surface area contributed by atoms with Gasteiger partial charge in [0.2, 0.25) is 0 Å². The molecule has 8 heteroatoms. The maximum atomic E-state index is 10.6. The van der Waals surface area contributed by atoms with Crippen LogP contribution in [0.4, 0.5) is 5.69 Å². The normalized spacial score (nSPS) is 10.1. The highest BCUT2D eigenvalue weighted by atomic mass is 32.1. The second-order valence-corrected chi connectivity index (χ2v) is 3.78. The van der Waals surface area contributed by atoms with Gasteiger partial charge in [-0.2, -0.15) is 5.10 Å². The van der Waals surface area contributed by atoms with E-state index in [1.54, 1.807) is 6.08 Å². The number of hydrazone groups is 1. The fourth-order valence-electron chi connectivity index (χ4n) is 1.14. The van der Waals surface area contributed by atoms with Crippen LogP contribution in [0.15, 0.2) is 36.0 Å². The number of nitrogens with one attached hydrogen (secondary N) is 2. The molecule has 0 atom stereocenters. The Kier molecular flexibility index (Phi) is 5.42. The molecule has 100 valence electrons. The summed E-state index contributed by atoms with van der Waals surface area (Å²) in [6, 6.07) is 3.93. The molecular weight excluding hydrogens is 268 g/mol. The molecule has 0 saturated heterocycles. The minimum Gasteiger partial charge on any atom is -0.502 e. The fraction of sp³-hybridized carbons (Fsp3) is 0.0909. The lowest BCUT2D eigenvalue weighted by molar-refractivity contribution is -0.385. The van der Waals surface area contributed by atoms with Gasteiger partial charge in [-0.3, -0.25) is 15.5 Å². The van der Waals surface area contributed by atoms with E-state index in [2.05, 4.69) is 22.4 Å². The van der Waals surface area contributed by atoms with Gasteiger partial charge in [-0.25, -0.2) is 0 Å². The Labute approximate surface area is 114 Å². The number of hydrogen-bond donors (Lipinski definition) is 3. The Morgan fingerprint density at radius 3 is 3.00 bits per heavy atom. The molecule has 0 aromatic heterocycles. The van der Waals surface area contributed by atoms with Gasteiger partial charge in [0.25, 0.3) is 0 Å². The quantitative estimate of drug-likeness (QED) is 0.247. The Hall–Kier alpha value is -2.48. The highest BCUT2D eigenvalue weighted by molar-refractivity contribution is 7.80. The standard InChI is InChI=1S/C11H12N4O3S/c1-2-5-12-11(19)14-13-7-8-3-4-10(16)9(6-8)15(17)18/h2-4,6-7,16H,1,5H2,(H2,12,14,19). The van der Waals surface area contributed by atoms with Crippen molar-refractivity contribution < 1.29 is 10.0 Å². The summed E-state index contributed by atoms with van der Waals surface area (Å²) < 4.78 is 0. The Morgan fingerprint density at radius 2 is 2.37 bits per heavy atom. The van der Waals surface area contributed by atoms with Crippen molar-refractivity contribution in [2.45, 2.75) is 0 Å². The van der Waals surface area contributed by atoms with Crippen LogP contribution in [0.2, 0.25) is 0 Å². The third-order valence-corrected chi connectivity index (χ3v) is 2.22. The maximum absolute atomic E-state index is 10.6. The SMILES string of the molecule is C=CCNC(=S)NN=Cc1ccc(O)c([N+](=O)[O-])c1. The molecule has 0 spiro atoms. The number of thiocarbonyl (C=S) groups is 1. The summed E-state index contributed by atoms with van der Waals surface area (Å²) in [5.74, 6) is -0.390. The maximum Gasteiger partial charge on any atom is 0.311 e. The zero-order chi connectivity index (χ0) is 14.3. The number of nitro groups is 1. The van der Waals surface area contributed by atoms with E-state index in [1.165, 1.54) is 24.4 Å². The highest BCUT2D eigenvalue weighted by Crippen LogP contribution is 2.25. The highest BCUT2D eigenvalue weighted by Gasteiger charge is 2.12. The van der Waals surface area contributed by atoms with Gasteiger partial charge in [0.15, 0.2) is 10.9 Å². The van der Waals surface area contributed by atoms with Crippen LogP contribution in [-0.2, 0) is 0 Å². The van der Waals surface area contributed by atoms with Crippen LogP contribution in [-0.4, -0.2) is 27.9 Å². The number of aromatic hydroxyl groups is 1. The summed E-state index contributed by atoms with van der Waals surface area (Å²) in [4.78, 5) is 9.95. The molecule has 7 nitrogen and oxygen atoms in total. The van der Waals surface area contributed by atoms with E-state index in [-0.39, 0.29) is 5.69 Å². The van der Waals surface area contributed by atoms with Gasteiger partial charge < -0.3 is 10.4 Å². The molecule has 19 heavy (non-hydrogen) atoms. The molecule has 0 fully saturated rings. The number of hydrogen-bond acceptors (Lipinski definition) is 5. The van der Waals surface area contributed by atoms with E-state index in [9.17, 15) is 15.2 Å². The van der Waals surface area contributed by atoms with Crippen molar-refractivity contribution in [1.82, 2.24) is 10.7 Å². The third-order valence-electron chi connectivity index (χ3n) is 1.98. The van der Waals surface area contributed by atoms with Gasteiger partial charge in [0.05, 0.1) is 11.1 Å². The van der Waals surface area contributed by atoms with Crippen molar-refractivity contribution in [1.29, 1.82) is 0 Å². The zero-order valence-electron chi connectivity index (χ0n) is 9.87. The molecule has 0 aliphatic rings. The number of phenols is 1. The van der Waals surface area contributed by atoms with E-state index in [1.807, 2.05) is 0 Å². The molecular formula is C11H12N4O3S. The summed E-state index contributed by atoms with van der Waals surface area (Å²) in [5, 5.41) is 26.8. The first-order chi connectivity index (χ1) is 9.04. The topological polar surface area (TPSA) is 99.8 Å². The molecule has 0 saturated carbocycles. The monoisotopic (exact) mass is 280 g/mol. The van der Waals surface area contributed by atoms with Crippen molar-refractivity contribution in [3.8, 4) is 5.75 Å². The molecule has 1 rings (SSSR count). The first-order valence-corrected chi connectivity index (χ1v) is 5.60. The predicted molar refractivity (Wildman–Crippen MR) is 76.3 cm³/mol. The molecule has 0 amide bonds. The van der Waals surface area contributed by atoms with Crippen LogP contribution < -0.4 is 10.7 Å². The number of rotatable bonds is 5. The van der Waals surface area contributed by atoms with E-state index in [4.69, 9.17) is 12.2 Å². The fourth-order valence-corrected chi connectivity index (χ4v) is 1.27. The van der Waals surface area contributed by atoms with Crippen molar-refractivity contribution in [3.63, 3.8) is 0 Å². The number of benzene rings is 1. The molecule has 3 N–H and O–H groups in total. The molecule has 0 radical (unpaired) electrons. The Morgan fingerprint density at radius 1 is 1.63 bits per heavy atom. The van der Waals surface area contributed by atoms with Gasteiger partial charge in [0.1, 0.15) is 0 Å². The van der Waals surface area contributed by atoms with Crippen molar-refractivity contribution in [3.05, 3.63) is 46.5 Å². The third kappa shape index (κ3) is 4.72. The lowest BCUT2D eigenvalue weighted by Crippen LogP contribution is -2.31. The summed E-state index contributed by atoms with van der Waals surface area (Å²) in [6.45, 7) is 4.03. The number of phenolic OH excluding ortho intramolecular Hbond substituents is 1. The van der Waals surface area contributed by atoms with E-state index in [0.717, 1.165) is 0 Å². The number of nitrogens with zero attached hydrogens (tertiary/aromatic N) is 2. The van der Waals surface area contributed by atoms with Gasteiger partial charge in [-0.15, -0.1) is 6.58 Å². The van der Waals surface area contributed by atoms with Crippen LogP contribution >= 0.6 is 12.2 Å². The molecule has 0 heterocycles. The summed E-state index contributed by atoms with van der Waals surface area (Å²) in [7, 11) is 0. The van der Waals surface area contributed by atoms with Crippen molar-refractivity contribution >= 4 is 29.2 Å². The largest absolute Gasteiger partial charge is 0.502 e. The van der Waals surface area contributed by atoms with E-state index < -0.39 is 10.7 Å². The Bertz CT molecular complexity index is 531. The van der Waals surface area contributed by atoms with Gasteiger partial charge in [0, 0.05) is 18.2 Å². The summed E-state index contributed by atoms with van der Waals surface area (Å²) >= 11 is 4.89. The minimum absolute atomic E-state index is 0.310. The smallest absolute Gasteiger partial charge is 0.311 e. The van der Waals surface area contributed by atoms with E-state index in [0.29, 0.717) is 17.2 Å². The molecule has 0 unspecified atom stereocenters. The first-order valence-electron chi connectivity index (χ1n) is 5.20. The van der Waals surface area contributed by atoms with Gasteiger partial charge in [-0.05, 0) is 24.4 Å². The molecule has 0 aliphatic heterocycles. The molecule has 0 aliphatic carbocycles. The van der Waals surface area contributed by atoms with Gasteiger partial charge >= 0.3 is 5.69 Å². The molecule has 1 aromatic carbocycles. The molecule has 1 aromatic rings. The van der Waals surface area contributed by atoms with Crippen molar-refractivity contribution in [2.75, 3.05) is 6.54 Å². The second-order valence-electron chi connectivity index (χ2n) is 3.37. The van der Waals surface area contributed by atoms with Gasteiger partial charge in [-0.1, -0.05) is 6.08 Å². The number of nitro benzene ring substituents is 1. The van der Waals surface area contributed by atoms with Crippen molar-refractivity contribution in [2.24, 2.45) is 5.10 Å². The molecule has 0 bridgehead atoms.